The van der Waals surface area contributed by atoms with Crippen molar-refractivity contribution >= 4 is 11.4 Å². The molecule has 2 heterocycles. The number of likely N-dealkylation sites (tertiary alicyclic amines) is 1. The first-order chi connectivity index (χ1) is 9.85. The second-order valence-corrected chi connectivity index (χ2v) is 5.99. The van der Waals surface area contributed by atoms with Gasteiger partial charge < -0.3 is 4.90 Å². The Morgan fingerprint density at radius 2 is 1.70 bits per heavy atom. The fourth-order valence-corrected chi connectivity index (χ4v) is 3.26. The standard InChI is InChI=1S/C16H26N4/c1-2-5-14-8-10-19(11-9-14)12-13-20-17-15-6-3-4-7-16(15)18-20/h3-4,6-7,14,17-18H,2,5,8-13H2,1H3. The molecule has 0 amide bonds. The van der Waals surface area contributed by atoms with E-state index in [9.17, 15) is 0 Å². The van der Waals surface area contributed by atoms with E-state index in [2.05, 4.69) is 52.1 Å². The maximum Gasteiger partial charge on any atom is 0.0753 e. The van der Waals surface area contributed by atoms with Gasteiger partial charge in [-0.1, -0.05) is 31.9 Å². The number of fused-ring (bicyclic) bond motifs is 1. The number of rotatable bonds is 5. The summed E-state index contributed by atoms with van der Waals surface area (Å²) in [7, 11) is 0. The van der Waals surface area contributed by atoms with Crippen molar-refractivity contribution in [3.05, 3.63) is 24.3 Å². The molecule has 0 spiro atoms. The first-order valence-corrected chi connectivity index (χ1v) is 7.97. The first-order valence-electron chi connectivity index (χ1n) is 7.97. The average Bonchev–Trinajstić information content (AvgIpc) is 2.90. The van der Waals surface area contributed by atoms with Gasteiger partial charge in [0.2, 0.25) is 0 Å². The minimum atomic E-state index is 0.976. The summed E-state index contributed by atoms with van der Waals surface area (Å²) in [5, 5.41) is 2.10. The van der Waals surface area contributed by atoms with Crippen LogP contribution in [0.4, 0.5) is 11.4 Å². The van der Waals surface area contributed by atoms with Gasteiger partial charge >= 0.3 is 0 Å². The van der Waals surface area contributed by atoms with Crippen LogP contribution < -0.4 is 10.9 Å². The Hall–Kier alpha value is -1.26. The molecule has 0 atom stereocenters. The molecule has 0 unspecified atom stereocenters. The fourth-order valence-electron chi connectivity index (χ4n) is 3.26. The molecule has 4 heteroatoms. The number of hydrogen-bond acceptors (Lipinski definition) is 4. The van der Waals surface area contributed by atoms with Crippen LogP contribution in [0.2, 0.25) is 0 Å². The molecular formula is C16H26N4. The normalized spacial score (nSPS) is 20.4. The highest BCUT2D eigenvalue weighted by Crippen LogP contribution is 2.27. The van der Waals surface area contributed by atoms with Gasteiger partial charge in [-0.3, -0.25) is 10.9 Å². The van der Waals surface area contributed by atoms with Gasteiger partial charge in [-0.25, -0.2) is 0 Å². The minimum absolute atomic E-state index is 0.976. The number of piperidine rings is 1. The van der Waals surface area contributed by atoms with E-state index in [1.165, 1.54) is 50.1 Å². The minimum Gasteiger partial charge on any atom is -0.302 e. The van der Waals surface area contributed by atoms with Crippen LogP contribution in [0.1, 0.15) is 32.6 Å². The third-order valence-electron chi connectivity index (χ3n) is 4.48. The summed E-state index contributed by atoms with van der Waals surface area (Å²) >= 11 is 0. The molecule has 2 aliphatic heterocycles. The summed E-state index contributed by atoms with van der Waals surface area (Å²) in [6.07, 6.45) is 5.52. The summed E-state index contributed by atoms with van der Waals surface area (Å²) in [5.41, 5.74) is 9.15. The van der Waals surface area contributed by atoms with Crippen molar-refractivity contribution in [2.45, 2.75) is 32.6 Å². The van der Waals surface area contributed by atoms with Crippen LogP contribution >= 0.6 is 0 Å². The summed E-state index contributed by atoms with van der Waals surface area (Å²) in [6.45, 7) is 6.98. The van der Waals surface area contributed by atoms with Gasteiger partial charge in [0.05, 0.1) is 17.9 Å². The van der Waals surface area contributed by atoms with Crippen molar-refractivity contribution in [2.75, 3.05) is 37.0 Å². The van der Waals surface area contributed by atoms with E-state index in [-0.39, 0.29) is 0 Å². The molecule has 1 saturated heterocycles. The second kappa shape index (κ2) is 6.46. The summed E-state index contributed by atoms with van der Waals surface area (Å²) < 4.78 is 0. The van der Waals surface area contributed by atoms with E-state index in [0.29, 0.717) is 0 Å². The molecule has 0 bridgehead atoms. The van der Waals surface area contributed by atoms with Crippen molar-refractivity contribution in [3.8, 4) is 0 Å². The van der Waals surface area contributed by atoms with E-state index in [1.54, 1.807) is 0 Å². The Bertz CT molecular complexity index is 401. The molecule has 0 radical (unpaired) electrons. The van der Waals surface area contributed by atoms with Crippen molar-refractivity contribution in [1.82, 2.24) is 10.0 Å². The molecule has 110 valence electrons. The number of para-hydroxylation sites is 2. The van der Waals surface area contributed by atoms with E-state index >= 15 is 0 Å². The highest BCUT2D eigenvalue weighted by Gasteiger charge is 2.20. The number of benzene rings is 1. The molecule has 0 aromatic heterocycles. The van der Waals surface area contributed by atoms with Crippen molar-refractivity contribution in [3.63, 3.8) is 0 Å². The molecule has 2 aliphatic rings. The zero-order valence-corrected chi connectivity index (χ0v) is 12.4. The van der Waals surface area contributed by atoms with Gasteiger partial charge in [0.15, 0.2) is 0 Å². The Balaban J connectivity index is 1.39. The highest BCUT2D eigenvalue weighted by atomic mass is 15.8. The van der Waals surface area contributed by atoms with Crippen LogP contribution in [0.25, 0.3) is 0 Å². The van der Waals surface area contributed by atoms with Gasteiger partial charge in [-0.15, -0.1) is 5.12 Å². The lowest BCUT2D eigenvalue weighted by molar-refractivity contribution is 0.166. The van der Waals surface area contributed by atoms with Crippen molar-refractivity contribution < 1.29 is 0 Å². The number of nitrogens with zero attached hydrogens (tertiary/aromatic N) is 2. The molecule has 1 fully saturated rings. The fraction of sp³-hybridized carbons (Fsp3) is 0.625. The lowest BCUT2D eigenvalue weighted by atomic mass is 9.92. The molecule has 0 aliphatic carbocycles. The van der Waals surface area contributed by atoms with Crippen LogP contribution in [0.3, 0.4) is 0 Å². The third kappa shape index (κ3) is 3.25. The van der Waals surface area contributed by atoms with Crippen LogP contribution in [-0.4, -0.2) is 36.2 Å². The lowest BCUT2D eigenvalue weighted by Crippen LogP contribution is -2.41. The van der Waals surface area contributed by atoms with Crippen LogP contribution in [-0.2, 0) is 0 Å². The van der Waals surface area contributed by atoms with Gasteiger partial charge in [-0.05, 0) is 44.0 Å². The van der Waals surface area contributed by atoms with Crippen LogP contribution in [0.15, 0.2) is 24.3 Å². The predicted molar refractivity (Wildman–Crippen MR) is 84.5 cm³/mol. The van der Waals surface area contributed by atoms with Crippen molar-refractivity contribution in [2.24, 2.45) is 5.92 Å². The highest BCUT2D eigenvalue weighted by molar-refractivity contribution is 5.71. The maximum absolute atomic E-state index is 3.40. The van der Waals surface area contributed by atoms with Crippen molar-refractivity contribution in [1.29, 1.82) is 0 Å². The average molecular weight is 274 g/mol. The summed E-state index contributed by atoms with van der Waals surface area (Å²) in [4.78, 5) is 2.60. The van der Waals surface area contributed by atoms with Crippen LogP contribution in [0, 0.1) is 5.92 Å². The topological polar surface area (TPSA) is 30.5 Å². The molecule has 3 rings (SSSR count). The monoisotopic (exact) mass is 274 g/mol. The lowest BCUT2D eigenvalue weighted by Gasteiger charge is -2.32. The molecule has 0 saturated carbocycles. The van der Waals surface area contributed by atoms with Gasteiger partial charge in [0.25, 0.3) is 0 Å². The largest absolute Gasteiger partial charge is 0.302 e. The van der Waals surface area contributed by atoms with Crippen LogP contribution in [0.5, 0.6) is 0 Å². The number of hydrazine groups is 2. The van der Waals surface area contributed by atoms with E-state index < -0.39 is 0 Å². The number of hydrogen-bond donors (Lipinski definition) is 2. The quantitative estimate of drug-likeness (QED) is 0.863. The van der Waals surface area contributed by atoms with E-state index in [1.807, 2.05) is 0 Å². The molecule has 4 nitrogen and oxygen atoms in total. The van der Waals surface area contributed by atoms with E-state index in [4.69, 9.17) is 0 Å². The number of anilines is 2. The van der Waals surface area contributed by atoms with Gasteiger partial charge in [0, 0.05) is 6.54 Å². The molecular weight excluding hydrogens is 248 g/mol. The van der Waals surface area contributed by atoms with E-state index in [0.717, 1.165) is 19.0 Å². The number of nitrogens with one attached hydrogen (secondary N) is 2. The maximum atomic E-state index is 3.40. The zero-order chi connectivity index (χ0) is 13.8. The molecule has 1 aromatic carbocycles. The summed E-state index contributed by atoms with van der Waals surface area (Å²) in [5.74, 6) is 0.976. The Kier molecular flexibility index (Phi) is 4.43. The zero-order valence-electron chi connectivity index (χ0n) is 12.4. The molecule has 20 heavy (non-hydrogen) atoms. The first kappa shape index (κ1) is 13.7. The second-order valence-electron chi connectivity index (χ2n) is 5.99. The molecule has 1 aromatic rings. The third-order valence-corrected chi connectivity index (χ3v) is 4.48. The molecule has 2 N–H and O–H groups in total. The Labute approximate surface area is 122 Å². The SMILES string of the molecule is CCCC1CCN(CCN2Nc3ccccc3N2)CC1. The van der Waals surface area contributed by atoms with Gasteiger partial charge in [0.1, 0.15) is 0 Å². The smallest absolute Gasteiger partial charge is 0.0753 e. The van der Waals surface area contributed by atoms with Gasteiger partial charge in [-0.2, -0.15) is 0 Å². The Morgan fingerprint density at radius 3 is 2.30 bits per heavy atom. The Morgan fingerprint density at radius 1 is 1.05 bits per heavy atom. The summed E-state index contributed by atoms with van der Waals surface area (Å²) in [6, 6.07) is 8.35. The predicted octanol–water partition coefficient (Wildman–Crippen LogP) is 3.17.